The molecule has 2 heterocycles. The molecule has 2 aromatic heterocycles. The van der Waals surface area contributed by atoms with Crippen LogP contribution in [0.25, 0.3) is 10.7 Å². The van der Waals surface area contributed by atoms with Crippen molar-refractivity contribution in [1.82, 2.24) is 14.8 Å². The molecule has 0 radical (unpaired) electrons. The van der Waals surface area contributed by atoms with Crippen molar-refractivity contribution in [3.63, 3.8) is 0 Å². The zero-order chi connectivity index (χ0) is 18.1. The van der Waals surface area contributed by atoms with Gasteiger partial charge in [0.2, 0.25) is 5.91 Å². The lowest BCUT2D eigenvalue weighted by Crippen LogP contribution is -2.22. The van der Waals surface area contributed by atoms with Crippen LogP contribution in [0.3, 0.4) is 0 Å². The molecule has 5 nitrogen and oxygen atoms in total. The van der Waals surface area contributed by atoms with Crippen molar-refractivity contribution in [2.24, 2.45) is 0 Å². The molecule has 8 heteroatoms. The molecule has 3 aromatic rings. The van der Waals surface area contributed by atoms with Crippen molar-refractivity contribution in [1.29, 1.82) is 0 Å². The van der Waals surface area contributed by atoms with Gasteiger partial charge in [0.05, 0.1) is 10.1 Å². The summed E-state index contributed by atoms with van der Waals surface area (Å²) in [5, 5.41) is 14.3. The Morgan fingerprint density at radius 3 is 2.73 bits per heavy atom. The molecule has 4 rings (SSSR count). The first-order valence-corrected chi connectivity index (χ1v) is 10.9. The molecule has 0 aliphatic heterocycles. The smallest absolute Gasteiger partial charge is 0.237 e. The SMILES string of the molecule is C[C@H](Sc1nnc(-c2cccs2)n1C1CC1)C(=O)Nc1ccc(Br)cc1. The second-order valence-electron chi connectivity index (χ2n) is 6.14. The molecule has 1 N–H and O–H groups in total. The zero-order valence-corrected chi connectivity index (χ0v) is 17.3. The molecule has 0 saturated heterocycles. The van der Waals surface area contributed by atoms with Crippen molar-refractivity contribution >= 4 is 50.6 Å². The average molecular weight is 449 g/mol. The number of anilines is 1. The van der Waals surface area contributed by atoms with Crippen molar-refractivity contribution in [3.05, 3.63) is 46.3 Å². The van der Waals surface area contributed by atoms with Crippen molar-refractivity contribution in [2.45, 2.75) is 36.2 Å². The highest BCUT2D eigenvalue weighted by atomic mass is 79.9. The van der Waals surface area contributed by atoms with Crippen LogP contribution in [0.5, 0.6) is 0 Å². The first-order valence-electron chi connectivity index (χ1n) is 8.33. The molecule has 1 aliphatic rings. The molecule has 1 amide bonds. The quantitative estimate of drug-likeness (QED) is 0.524. The van der Waals surface area contributed by atoms with Crippen LogP contribution in [0.15, 0.2) is 51.4 Å². The fourth-order valence-electron chi connectivity index (χ4n) is 2.58. The van der Waals surface area contributed by atoms with Gasteiger partial charge in [0.25, 0.3) is 0 Å². The van der Waals surface area contributed by atoms with E-state index in [0.29, 0.717) is 6.04 Å². The highest BCUT2D eigenvalue weighted by Crippen LogP contribution is 2.42. The number of thioether (sulfide) groups is 1. The van der Waals surface area contributed by atoms with Gasteiger partial charge in [-0.25, -0.2) is 0 Å². The van der Waals surface area contributed by atoms with E-state index >= 15 is 0 Å². The Morgan fingerprint density at radius 2 is 2.08 bits per heavy atom. The topological polar surface area (TPSA) is 59.8 Å². The summed E-state index contributed by atoms with van der Waals surface area (Å²) >= 11 is 6.52. The minimum Gasteiger partial charge on any atom is -0.325 e. The van der Waals surface area contributed by atoms with Gasteiger partial charge in [0, 0.05) is 16.2 Å². The monoisotopic (exact) mass is 448 g/mol. The number of amides is 1. The lowest BCUT2D eigenvalue weighted by molar-refractivity contribution is -0.115. The standard InChI is InChI=1S/C18H17BrN4OS2/c1-11(17(24)20-13-6-4-12(19)5-7-13)26-18-22-21-16(15-3-2-10-25-15)23(18)14-8-9-14/h2-7,10-11,14H,8-9H2,1H3,(H,20,24)/t11-/m0/s1. The maximum Gasteiger partial charge on any atom is 0.237 e. The summed E-state index contributed by atoms with van der Waals surface area (Å²) in [5.74, 6) is 0.867. The van der Waals surface area contributed by atoms with E-state index in [1.165, 1.54) is 11.8 Å². The van der Waals surface area contributed by atoms with Gasteiger partial charge in [-0.3, -0.25) is 9.36 Å². The van der Waals surface area contributed by atoms with Crippen LogP contribution in [-0.2, 0) is 4.79 Å². The normalized spacial score (nSPS) is 15.0. The maximum atomic E-state index is 12.5. The molecule has 0 bridgehead atoms. The zero-order valence-electron chi connectivity index (χ0n) is 14.1. The predicted octanol–water partition coefficient (Wildman–Crippen LogP) is 5.22. The Morgan fingerprint density at radius 1 is 1.31 bits per heavy atom. The van der Waals surface area contributed by atoms with E-state index in [1.807, 2.05) is 42.6 Å². The lowest BCUT2D eigenvalue weighted by Gasteiger charge is -2.13. The molecular formula is C18H17BrN4OS2. The third kappa shape index (κ3) is 3.87. The van der Waals surface area contributed by atoms with E-state index < -0.39 is 0 Å². The van der Waals surface area contributed by atoms with Crippen molar-refractivity contribution < 1.29 is 4.79 Å². The number of benzene rings is 1. The van der Waals surface area contributed by atoms with Crippen molar-refractivity contribution in [2.75, 3.05) is 5.32 Å². The molecule has 0 unspecified atom stereocenters. The Hall–Kier alpha value is -1.64. The summed E-state index contributed by atoms with van der Waals surface area (Å²) in [6, 6.07) is 12.1. The Kier molecular flexibility index (Phi) is 5.15. The third-order valence-corrected chi connectivity index (χ3v) is 6.53. The Bertz CT molecular complexity index is 904. The highest BCUT2D eigenvalue weighted by molar-refractivity contribution is 9.10. The molecule has 1 atom stereocenters. The summed E-state index contributed by atoms with van der Waals surface area (Å²) in [6.45, 7) is 1.90. The molecule has 1 fully saturated rings. The molecule has 1 saturated carbocycles. The van der Waals surface area contributed by atoms with E-state index in [4.69, 9.17) is 0 Å². The second kappa shape index (κ2) is 7.54. The number of hydrogen-bond acceptors (Lipinski definition) is 5. The largest absolute Gasteiger partial charge is 0.325 e. The van der Waals surface area contributed by atoms with Crippen LogP contribution in [0.1, 0.15) is 25.8 Å². The van der Waals surface area contributed by atoms with Gasteiger partial charge in [-0.15, -0.1) is 21.5 Å². The third-order valence-electron chi connectivity index (χ3n) is 4.08. The van der Waals surface area contributed by atoms with E-state index in [2.05, 4.69) is 42.1 Å². The van der Waals surface area contributed by atoms with Gasteiger partial charge >= 0.3 is 0 Å². The maximum absolute atomic E-state index is 12.5. The molecular weight excluding hydrogens is 432 g/mol. The van der Waals surface area contributed by atoms with Gasteiger partial charge < -0.3 is 5.32 Å². The van der Waals surface area contributed by atoms with E-state index in [-0.39, 0.29) is 11.2 Å². The van der Waals surface area contributed by atoms with Crippen LogP contribution in [0.2, 0.25) is 0 Å². The van der Waals surface area contributed by atoms with Gasteiger partial charge in [-0.05, 0) is 55.5 Å². The molecule has 0 spiro atoms. The Labute approximate surface area is 168 Å². The summed E-state index contributed by atoms with van der Waals surface area (Å²) in [5.41, 5.74) is 0.786. The van der Waals surface area contributed by atoms with Gasteiger partial charge in [-0.2, -0.15) is 0 Å². The Balaban J connectivity index is 1.50. The van der Waals surface area contributed by atoms with Gasteiger partial charge in [-0.1, -0.05) is 33.8 Å². The highest BCUT2D eigenvalue weighted by Gasteiger charge is 2.31. The second-order valence-corrected chi connectivity index (χ2v) is 9.31. The number of nitrogens with one attached hydrogen (secondary N) is 1. The van der Waals surface area contributed by atoms with Crippen LogP contribution >= 0.6 is 39.0 Å². The summed E-state index contributed by atoms with van der Waals surface area (Å²) in [6.07, 6.45) is 2.28. The number of rotatable bonds is 6. The molecule has 134 valence electrons. The predicted molar refractivity (Wildman–Crippen MR) is 110 cm³/mol. The van der Waals surface area contributed by atoms with E-state index in [9.17, 15) is 4.79 Å². The number of hydrogen-bond donors (Lipinski definition) is 1. The van der Waals surface area contributed by atoms with Crippen LogP contribution in [0, 0.1) is 0 Å². The van der Waals surface area contributed by atoms with Gasteiger partial charge in [0.15, 0.2) is 11.0 Å². The number of nitrogens with zero attached hydrogens (tertiary/aromatic N) is 3. The number of aromatic nitrogens is 3. The minimum absolute atomic E-state index is 0.0413. The van der Waals surface area contributed by atoms with Crippen LogP contribution in [0.4, 0.5) is 5.69 Å². The number of halogens is 1. The first-order chi connectivity index (χ1) is 12.6. The van der Waals surface area contributed by atoms with E-state index in [0.717, 1.165) is 38.9 Å². The number of thiophene rings is 1. The van der Waals surface area contributed by atoms with Gasteiger partial charge in [0.1, 0.15) is 0 Å². The minimum atomic E-state index is -0.267. The fraction of sp³-hybridized carbons (Fsp3) is 0.278. The summed E-state index contributed by atoms with van der Waals surface area (Å²) < 4.78 is 3.18. The van der Waals surface area contributed by atoms with Crippen LogP contribution < -0.4 is 5.32 Å². The summed E-state index contributed by atoms with van der Waals surface area (Å²) in [7, 11) is 0. The molecule has 1 aliphatic carbocycles. The first kappa shape index (κ1) is 17.8. The van der Waals surface area contributed by atoms with E-state index in [1.54, 1.807) is 11.3 Å². The van der Waals surface area contributed by atoms with Crippen LogP contribution in [-0.4, -0.2) is 25.9 Å². The summed E-state index contributed by atoms with van der Waals surface area (Å²) in [4.78, 5) is 13.6. The molecule has 1 aromatic carbocycles. The lowest BCUT2D eigenvalue weighted by atomic mass is 10.3. The number of carbonyl (C=O) groups excluding carboxylic acids is 1. The molecule has 26 heavy (non-hydrogen) atoms. The average Bonchev–Trinajstić information content (AvgIpc) is 3.16. The van der Waals surface area contributed by atoms with Crippen molar-refractivity contribution in [3.8, 4) is 10.7 Å². The number of carbonyl (C=O) groups is 1. The fourth-order valence-corrected chi connectivity index (χ4v) is 4.47.